The van der Waals surface area contributed by atoms with Crippen molar-refractivity contribution in [2.75, 3.05) is 17.2 Å². The van der Waals surface area contributed by atoms with Gasteiger partial charge in [-0.15, -0.1) is 0 Å². The number of nitrogen functional groups attached to an aromatic ring is 3. The quantitative estimate of drug-likeness (QED) is 0.325. The van der Waals surface area contributed by atoms with Gasteiger partial charge in [-0.05, 0) is 18.2 Å². The van der Waals surface area contributed by atoms with E-state index in [2.05, 4.69) is 0 Å². The van der Waals surface area contributed by atoms with Crippen molar-refractivity contribution in [2.45, 2.75) is 0 Å². The molecule has 1 rings (SSSR count). The lowest BCUT2D eigenvalue weighted by Crippen LogP contribution is -1.93. The zero-order valence-corrected chi connectivity index (χ0v) is 4.96. The Kier molecular flexibility index (Phi) is 2.61. The average molecular weight is 137 g/mol. The fourth-order valence-electron chi connectivity index (χ4n) is 0.702. The second-order valence-corrected chi connectivity index (χ2v) is 1.93. The smallest absolute Gasteiger partial charge is 0.0814 e. The van der Waals surface area contributed by atoms with E-state index in [0.29, 0.717) is 17.1 Å². The predicted molar refractivity (Wildman–Crippen MR) is 49.6 cm³/mol. The molecule has 0 aliphatic rings. The lowest BCUT2D eigenvalue weighted by molar-refractivity contribution is 1.65. The van der Waals surface area contributed by atoms with Gasteiger partial charge in [0, 0.05) is 17.1 Å². The molecular weight excluding hydrogens is 125 g/mol. The predicted octanol–water partition coefficient (Wildman–Crippen LogP) is -0.751. The Morgan fingerprint density at radius 1 is 0.700 bits per heavy atom. The molecule has 0 atom stereocenters. The molecule has 4 heteroatoms. The first kappa shape index (κ1) is 8.68. The molecule has 0 aliphatic carbocycles. The Bertz CT molecular complexity index is 174. The van der Waals surface area contributed by atoms with Crippen molar-refractivity contribution in [3.05, 3.63) is 18.2 Å². The van der Waals surface area contributed by atoms with Crippen LogP contribution in [0.15, 0.2) is 18.2 Å². The number of rotatable bonds is 0. The van der Waals surface area contributed by atoms with Crippen molar-refractivity contribution in [1.82, 2.24) is 0 Å². The summed E-state index contributed by atoms with van der Waals surface area (Å²) in [4.78, 5) is 0. The van der Waals surface area contributed by atoms with Gasteiger partial charge in [0.05, 0.1) is 8.41 Å². The van der Waals surface area contributed by atoms with Gasteiger partial charge in [0.1, 0.15) is 0 Å². The second-order valence-electron chi connectivity index (χ2n) is 1.93. The Hall–Kier alpha value is -1.32. The standard InChI is InChI=1S/C6H9N3.BH3/c7-4-1-5(8)3-6(9)2-4;/h1-3H,7-9H2;1H3. The van der Waals surface area contributed by atoms with E-state index in [1.165, 1.54) is 0 Å². The molecular formula is C6H12BN3. The molecule has 3 nitrogen and oxygen atoms in total. The molecule has 0 radical (unpaired) electrons. The third-order valence-electron chi connectivity index (χ3n) is 1.00. The fourth-order valence-corrected chi connectivity index (χ4v) is 0.702. The monoisotopic (exact) mass is 137 g/mol. The summed E-state index contributed by atoms with van der Waals surface area (Å²) < 4.78 is 0. The van der Waals surface area contributed by atoms with Crippen molar-refractivity contribution < 1.29 is 0 Å². The largest absolute Gasteiger partial charge is 0.399 e. The first-order valence-corrected chi connectivity index (χ1v) is 2.60. The molecule has 6 N–H and O–H groups in total. The molecule has 0 fully saturated rings. The minimum atomic E-state index is 0. The molecule has 10 heavy (non-hydrogen) atoms. The van der Waals surface area contributed by atoms with Crippen LogP contribution in [0.3, 0.4) is 0 Å². The Balaban J connectivity index is 0.000000810. The van der Waals surface area contributed by atoms with E-state index in [1.807, 2.05) is 0 Å². The van der Waals surface area contributed by atoms with Gasteiger partial charge in [0.2, 0.25) is 0 Å². The van der Waals surface area contributed by atoms with Gasteiger partial charge in [-0.25, -0.2) is 0 Å². The van der Waals surface area contributed by atoms with Crippen molar-refractivity contribution in [2.24, 2.45) is 0 Å². The topological polar surface area (TPSA) is 78.1 Å². The van der Waals surface area contributed by atoms with Crippen molar-refractivity contribution in [3.63, 3.8) is 0 Å². The number of anilines is 3. The Morgan fingerprint density at radius 2 is 0.900 bits per heavy atom. The molecule has 0 saturated carbocycles. The number of benzene rings is 1. The van der Waals surface area contributed by atoms with Crippen molar-refractivity contribution in [3.8, 4) is 0 Å². The highest BCUT2D eigenvalue weighted by Gasteiger charge is 1.89. The Labute approximate surface area is 61.8 Å². The summed E-state index contributed by atoms with van der Waals surface area (Å²) in [5, 5.41) is 0. The minimum absolute atomic E-state index is 0. The van der Waals surface area contributed by atoms with Crippen LogP contribution in [0.25, 0.3) is 0 Å². The first-order valence-electron chi connectivity index (χ1n) is 2.60. The van der Waals surface area contributed by atoms with E-state index in [0.717, 1.165) is 0 Å². The molecule has 0 aromatic heterocycles. The Morgan fingerprint density at radius 3 is 1.10 bits per heavy atom. The van der Waals surface area contributed by atoms with Gasteiger partial charge >= 0.3 is 0 Å². The minimum Gasteiger partial charge on any atom is -0.399 e. The van der Waals surface area contributed by atoms with Crippen molar-refractivity contribution in [1.29, 1.82) is 0 Å². The van der Waals surface area contributed by atoms with E-state index in [1.54, 1.807) is 18.2 Å². The van der Waals surface area contributed by atoms with E-state index < -0.39 is 0 Å². The molecule has 0 heterocycles. The number of hydrogen-bond donors (Lipinski definition) is 3. The first-order chi connectivity index (χ1) is 4.18. The van der Waals surface area contributed by atoms with Gasteiger partial charge in [-0.2, -0.15) is 0 Å². The van der Waals surface area contributed by atoms with Gasteiger partial charge in [-0.1, -0.05) is 0 Å². The third kappa shape index (κ3) is 1.89. The second kappa shape index (κ2) is 3.01. The van der Waals surface area contributed by atoms with E-state index >= 15 is 0 Å². The van der Waals surface area contributed by atoms with Crippen molar-refractivity contribution >= 4 is 25.5 Å². The zero-order chi connectivity index (χ0) is 6.85. The summed E-state index contributed by atoms with van der Waals surface area (Å²) in [6, 6.07) is 4.99. The van der Waals surface area contributed by atoms with E-state index in [4.69, 9.17) is 17.2 Å². The van der Waals surface area contributed by atoms with Crippen LogP contribution in [0.2, 0.25) is 0 Å². The lowest BCUT2D eigenvalue weighted by Gasteiger charge is -1.97. The van der Waals surface area contributed by atoms with Crippen LogP contribution < -0.4 is 17.2 Å². The van der Waals surface area contributed by atoms with Gasteiger partial charge in [0.15, 0.2) is 0 Å². The molecule has 0 spiro atoms. The average Bonchev–Trinajstić information content (AvgIpc) is 1.59. The van der Waals surface area contributed by atoms with E-state index in [-0.39, 0.29) is 8.41 Å². The van der Waals surface area contributed by atoms with E-state index in [9.17, 15) is 0 Å². The zero-order valence-electron chi connectivity index (χ0n) is 4.96. The van der Waals surface area contributed by atoms with Crippen LogP contribution in [0.1, 0.15) is 0 Å². The summed E-state index contributed by atoms with van der Waals surface area (Å²) in [5.74, 6) is 0. The molecule has 0 aliphatic heterocycles. The van der Waals surface area contributed by atoms with Crippen LogP contribution in [0.5, 0.6) is 0 Å². The molecule has 0 saturated heterocycles. The number of nitrogens with two attached hydrogens (primary N) is 3. The van der Waals surface area contributed by atoms with Crippen LogP contribution in [0, 0.1) is 0 Å². The molecule has 1 aromatic rings. The highest BCUT2D eigenvalue weighted by atomic mass is 14.6. The van der Waals surface area contributed by atoms with Gasteiger partial charge in [-0.3, -0.25) is 0 Å². The van der Waals surface area contributed by atoms with Gasteiger partial charge in [0.25, 0.3) is 0 Å². The van der Waals surface area contributed by atoms with Crippen LogP contribution in [-0.2, 0) is 0 Å². The van der Waals surface area contributed by atoms with Crippen LogP contribution >= 0.6 is 0 Å². The summed E-state index contributed by atoms with van der Waals surface area (Å²) in [6.45, 7) is 0. The highest BCUT2D eigenvalue weighted by molar-refractivity contribution is 5.75. The lowest BCUT2D eigenvalue weighted by atomic mass is 10.2. The summed E-state index contributed by atoms with van der Waals surface area (Å²) in [6.07, 6.45) is 0. The SMILES string of the molecule is B.Nc1cc(N)cc(N)c1. The maximum Gasteiger partial charge on any atom is 0.0814 e. The third-order valence-corrected chi connectivity index (χ3v) is 1.00. The fraction of sp³-hybridized carbons (Fsp3) is 0. The maximum atomic E-state index is 5.40. The van der Waals surface area contributed by atoms with Gasteiger partial charge < -0.3 is 17.2 Å². The number of hydrogen-bond acceptors (Lipinski definition) is 3. The maximum absolute atomic E-state index is 5.40. The summed E-state index contributed by atoms with van der Waals surface area (Å²) in [7, 11) is 0. The summed E-state index contributed by atoms with van der Waals surface area (Å²) >= 11 is 0. The van der Waals surface area contributed by atoms with Crippen LogP contribution in [0.4, 0.5) is 17.1 Å². The molecule has 0 unspecified atom stereocenters. The molecule has 0 amide bonds. The van der Waals surface area contributed by atoms with Crippen LogP contribution in [-0.4, -0.2) is 8.41 Å². The molecule has 54 valence electrons. The molecule has 0 bridgehead atoms. The normalized spacial score (nSPS) is 8.40. The summed E-state index contributed by atoms with van der Waals surface area (Å²) in [5.41, 5.74) is 18.0. The highest BCUT2D eigenvalue weighted by Crippen LogP contribution is 2.14. The molecule has 1 aromatic carbocycles.